The molecule has 3 nitrogen and oxygen atoms in total. The van der Waals surface area contributed by atoms with Crippen LogP contribution >= 0.6 is 0 Å². The fraction of sp³-hybridized carbons (Fsp3) is 0.182. The molecule has 0 saturated carbocycles. The Labute approximate surface area is 85.5 Å². The van der Waals surface area contributed by atoms with Crippen molar-refractivity contribution in [2.75, 3.05) is 6.61 Å². The summed E-state index contributed by atoms with van der Waals surface area (Å²) >= 11 is 0. The number of hydrogen-bond acceptors (Lipinski definition) is 2. The zero-order chi connectivity index (χ0) is 10.8. The van der Waals surface area contributed by atoms with E-state index in [2.05, 4.69) is 4.98 Å². The molecular formula is C11H10FNO2. The van der Waals surface area contributed by atoms with Crippen molar-refractivity contribution in [3.63, 3.8) is 0 Å². The normalized spacial score (nSPS) is 10.5. The van der Waals surface area contributed by atoms with Gasteiger partial charge in [0.05, 0.1) is 12.1 Å². The lowest BCUT2D eigenvalue weighted by molar-refractivity contribution is 0.322. The number of aromatic nitrogens is 1. The number of halogens is 1. The van der Waals surface area contributed by atoms with Gasteiger partial charge in [-0.2, -0.15) is 0 Å². The SMILES string of the molecule is CCOc1cc2ccc(=O)[nH]c2cc1F. The first-order valence-corrected chi connectivity index (χ1v) is 4.66. The number of hydrogen-bond donors (Lipinski definition) is 1. The van der Waals surface area contributed by atoms with E-state index in [1.165, 1.54) is 12.1 Å². The minimum Gasteiger partial charge on any atom is -0.491 e. The van der Waals surface area contributed by atoms with E-state index in [0.29, 0.717) is 12.1 Å². The van der Waals surface area contributed by atoms with Crippen molar-refractivity contribution >= 4 is 10.9 Å². The van der Waals surface area contributed by atoms with Crippen molar-refractivity contribution in [1.29, 1.82) is 0 Å². The first kappa shape index (κ1) is 9.71. The van der Waals surface area contributed by atoms with E-state index in [9.17, 15) is 9.18 Å². The van der Waals surface area contributed by atoms with Crippen molar-refractivity contribution in [2.45, 2.75) is 6.92 Å². The summed E-state index contributed by atoms with van der Waals surface area (Å²) in [4.78, 5) is 13.5. The Morgan fingerprint density at radius 1 is 1.40 bits per heavy atom. The summed E-state index contributed by atoms with van der Waals surface area (Å²) in [6, 6.07) is 5.87. The minimum atomic E-state index is -0.466. The number of rotatable bonds is 2. The average Bonchev–Trinajstić information content (AvgIpc) is 2.20. The van der Waals surface area contributed by atoms with Crippen LogP contribution in [0.3, 0.4) is 0 Å². The Hall–Kier alpha value is -1.84. The van der Waals surface area contributed by atoms with Gasteiger partial charge in [-0.05, 0) is 19.1 Å². The van der Waals surface area contributed by atoms with Gasteiger partial charge in [0.15, 0.2) is 11.6 Å². The van der Waals surface area contributed by atoms with E-state index < -0.39 is 5.82 Å². The zero-order valence-corrected chi connectivity index (χ0v) is 8.21. The molecule has 0 fully saturated rings. The quantitative estimate of drug-likeness (QED) is 0.819. The molecule has 0 atom stereocenters. The number of aromatic amines is 1. The van der Waals surface area contributed by atoms with Crippen molar-refractivity contribution < 1.29 is 9.13 Å². The lowest BCUT2D eigenvalue weighted by Gasteiger charge is -2.05. The van der Waals surface area contributed by atoms with Gasteiger partial charge in [0, 0.05) is 17.5 Å². The molecule has 0 aliphatic rings. The van der Waals surface area contributed by atoms with Crippen molar-refractivity contribution in [2.24, 2.45) is 0 Å². The fourth-order valence-corrected chi connectivity index (χ4v) is 1.42. The van der Waals surface area contributed by atoms with E-state index in [1.807, 2.05) is 0 Å². The number of ether oxygens (including phenoxy) is 1. The Bertz CT molecular complexity index is 548. The van der Waals surface area contributed by atoms with Gasteiger partial charge in [0.2, 0.25) is 5.56 Å². The van der Waals surface area contributed by atoms with E-state index in [1.54, 1.807) is 19.1 Å². The van der Waals surface area contributed by atoms with Crippen LogP contribution in [0.4, 0.5) is 4.39 Å². The van der Waals surface area contributed by atoms with Gasteiger partial charge in [-0.25, -0.2) is 4.39 Å². The van der Waals surface area contributed by atoms with Gasteiger partial charge in [-0.3, -0.25) is 4.79 Å². The highest BCUT2D eigenvalue weighted by Crippen LogP contribution is 2.22. The monoisotopic (exact) mass is 207 g/mol. The minimum absolute atomic E-state index is 0.206. The third-order valence-electron chi connectivity index (χ3n) is 2.08. The topological polar surface area (TPSA) is 42.1 Å². The summed E-state index contributed by atoms with van der Waals surface area (Å²) in [7, 11) is 0. The summed E-state index contributed by atoms with van der Waals surface area (Å²) in [6.07, 6.45) is 0. The molecule has 1 aromatic carbocycles. The molecule has 1 heterocycles. The number of H-pyrrole nitrogens is 1. The van der Waals surface area contributed by atoms with Crippen molar-refractivity contribution in [3.8, 4) is 5.75 Å². The predicted octanol–water partition coefficient (Wildman–Crippen LogP) is 2.07. The molecule has 4 heteroatoms. The summed E-state index contributed by atoms with van der Waals surface area (Å²) in [6.45, 7) is 2.20. The summed E-state index contributed by atoms with van der Waals surface area (Å²) in [5, 5.41) is 0.749. The Balaban J connectivity index is 2.65. The molecule has 78 valence electrons. The van der Waals surface area contributed by atoms with Crippen molar-refractivity contribution in [1.82, 2.24) is 4.98 Å². The summed E-state index contributed by atoms with van der Waals surface area (Å²) in [5.74, 6) is -0.261. The second-order valence-electron chi connectivity index (χ2n) is 3.13. The predicted molar refractivity (Wildman–Crippen MR) is 55.7 cm³/mol. The molecule has 0 unspecified atom stereocenters. The van der Waals surface area contributed by atoms with Gasteiger partial charge in [-0.15, -0.1) is 0 Å². The Morgan fingerprint density at radius 3 is 2.93 bits per heavy atom. The Kier molecular flexibility index (Phi) is 2.41. The van der Waals surface area contributed by atoms with Crippen molar-refractivity contribution in [3.05, 3.63) is 40.4 Å². The molecule has 0 radical (unpaired) electrons. The number of pyridine rings is 1. The van der Waals surface area contributed by atoms with Crippen LogP contribution in [-0.2, 0) is 0 Å². The standard InChI is InChI=1S/C11H10FNO2/c1-2-15-10-5-7-3-4-11(14)13-9(7)6-8(10)12/h3-6H,2H2,1H3,(H,13,14). The van der Waals surface area contributed by atoms with Crippen LogP contribution in [0.2, 0.25) is 0 Å². The lowest BCUT2D eigenvalue weighted by Crippen LogP contribution is -2.03. The first-order valence-electron chi connectivity index (χ1n) is 4.66. The van der Waals surface area contributed by atoms with Crippen LogP contribution in [0.25, 0.3) is 10.9 Å². The summed E-state index contributed by atoms with van der Waals surface area (Å²) < 4.78 is 18.5. The van der Waals surface area contributed by atoms with Gasteiger partial charge >= 0.3 is 0 Å². The van der Waals surface area contributed by atoms with E-state index in [-0.39, 0.29) is 11.3 Å². The second kappa shape index (κ2) is 3.73. The van der Waals surface area contributed by atoms with E-state index >= 15 is 0 Å². The molecular weight excluding hydrogens is 197 g/mol. The molecule has 0 amide bonds. The van der Waals surface area contributed by atoms with Crippen LogP contribution < -0.4 is 10.3 Å². The van der Waals surface area contributed by atoms with E-state index in [4.69, 9.17) is 4.74 Å². The largest absolute Gasteiger partial charge is 0.491 e. The highest BCUT2D eigenvalue weighted by atomic mass is 19.1. The van der Waals surface area contributed by atoms with Crippen LogP contribution in [-0.4, -0.2) is 11.6 Å². The molecule has 1 aromatic heterocycles. The fourth-order valence-electron chi connectivity index (χ4n) is 1.42. The number of nitrogens with one attached hydrogen (secondary N) is 1. The maximum atomic E-state index is 13.4. The average molecular weight is 207 g/mol. The van der Waals surface area contributed by atoms with Crippen LogP contribution in [0, 0.1) is 5.82 Å². The maximum absolute atomic E-state index is 13.4. The lowest BCUT2D eigenvalue weighted by atomic mass is 10.2. The molecule has 2 rings (SSSR count). The number of fused-ring (bicyclic) bond motifs is 1. The molecule has 2 aromatic rings. The van der Waals surface area contributed by atoms with E-state index in [0.717, 1.165) is 5.39 Å². The Morgan fingerprint density at radius 2 is 2.20 bits per heavy atom. The molecule has 0 spiro atoms. The van der Waals surface area contributed by atoms with Crippen LogP contribution in [0.5, 0.6) is 5.75 Å². The first-order chi connectivity index (χ1) is 7.20. The maximum Gasteiger partial charge on any atom is 0.248 e. The second-order valence-corrected chi connectivity index (χ2v) is 3.13. The zero-order valence-electron chi connectivity index (χ0n) is 8.21. The highest BCUT2D eigenvalue weighted by Gasteiger charge is 2.05. The molecule has 1 N–H and O–H groups in total. The smallest absolute Gasteiger partial charge is 0.248 e. The molecule has 0 aliphatic heterocycles. The van der Waals surface area contributed by atoms with Gasteiger partial charge in [-0.1, -0.05) is 0 Å². The third kappa shape index (κ3) is 1.83. The van der Waals surface area contributed by atoms with Gasteiger partial charge < -0.3 is 9.72 Å². The molecule has 0 saturated heterocycles. The third-order valence-corrected chi connectivity index (χ3v) is 2.08. The highest BCUT2D eigenvalue weighted by molar-refractivity contribution is 5.79. The molecule has 15 heavy (non-hydrogen) atoms. The van der Waals surface area contributed by atoms with Gasteiger partial charge in [0.1, 0.15) is 0 Å². The molecule has 0 aliphatic carbocycles. The summed E-state index contributed by atoms with van der Waals surface area (Å²) in [5.41, 5.74) is 0.231. The van der Waals surface area contributed by atoms with Crippen LogP contribution in [0.15, 0.2) is 29.1 Å². The molecule has 0 bridgehead atoms. The number of benzene rings is 1. The van der Waals surface area contributed by atoms with Crippen LogP contribution in [0.1, 0.15) is 6.92 Å². The van der Waals surface area contributed by atoms with Gasteiger partial charge in [0.25, 0.3) is 0 Å².